The fourth-order valence-electron chi connectivity index (χ4n) is 3.95. The summed E-state index contributed by atoms with van der Waals surface area (Å²) in [5.74, 6) is -1.04. The molecule has 176 valence electrons. The first-order valence-corrected chi connectivity index (χ1v) is 12.1. The number of rotatable bonds is 8. The summed E-state index contributed by atoms with van der Waals surface area (Å²) in [7, 11) is 0. The number of allylic oxidation sites excluding steroid dienone is 2. The monoisotopic (exact) mass is 470 g/mol. The van der Waals surface area contributed by atoms with E-state index in [0.29, 0.717) is 24.5 Å². The highest BCUT2D eigenvalue weighted by Gasteiger charge is 2.35. The van der Waals surface area contributed by atoms with Crippen molar-refractivity contribution in [3.8, 4) is 0 Å². The summed E-state index contributed by atoms with van der Waals surface area (Å²) in [6.07, 6.45) is 5.50. The number of ether oxygens (including phenoxy) is 1. The summed E-state index contributed by atoms with van der Waals surface area (Å²) in [5, 5.41) is 4.98. The molecule has 33 heavy (non-hydrogen) atoms. The van der Waals surface area contributed by atoms with Gasteiger partial charge in [0.05, 0.1) is 19.1 Å². The summed E-state index contributed by atoms with van der Waals surface area (Å²) in [6, 6.07) is 8.54. The zero-order valence-electron chi connectivity index (χ0n) is 19.3. The number of carbonyl (C=O) groups excluding carboxylic acids is 2. The predicted molar refractivity (Wildman–Crippen MR) is 131 cm³/mol. The molecule has 0 spiro atoms. The third kappa shape index (κ3) is 6.62. The average Bonchev–Trinajstić information content (AvgIpc) is 3.29. The van der Waals surface area contributed by atoms with E-state index in [9.17, 15) is 14.0 Å². The second-order valence-electron chi connectivity index (χ2n) is 8.28. The van der Waals surface area contributed by atoms with Crippen molar-refractivity contribution in [2.75, 3.05) is 18.1 Å². The number of nitrogens with one attached hydrogen (secondary N) is 1. The zero-order valence-corrected chi connectivity index (χ0v) is 20.2. The molecule has 5 nitrogen and oxygen atoms in total. The Morgan fingerprint density at radius 2 is 2.12 bits per heavy atom. The molecule has 7 heteroatoms. The van der Waals surface area contributed by atoms with Crippen LogP contribution in [0, 0.1) is 5.82 Å². The van der Waals surface area contributed by atoms with Gasteiger partial charge < -0.3 is 10.1 Å². The first-order chi connectivity index (χ1) is 15.9. The number of amides is 2. The Bertz CT molecular complexity index is 1010. The van der Waals surface area contributed by atoms with Gasteiger partial charge in [0.1, 0.15) is 11.9 Å². The maximum absolute atomic E-state index is 14.2. The van der Waals surface area contributed by atoms with Gasteiger partial charge in [-0.1, -0.05) is 29.9 Å². The standard InChI is InChI=1S/C26H31FN2O3S/c1-4-8-23(18(2)3)25(26(31)28-20-10-6-13-32-17-20)29(21-11-5-9-19(27)15-21)24(30)16-22-12-7-14-33-22/h4-5,7-9,11-12,14-15,20,25H,6,10,13,16-17H2,1-3H3,(H,28,31)/b8-4-. The van der Waals surface area contributed by atoms with Gasteiger partial charge in [0.25, 0.3) is 0 Å². The number of hydrogen-bond acceptors (Lipinski definition) is 4. The Hall–Kier alpha value is -2.77. The molecule has 1 N–H and O–H groups in total. The lowest BCUT2D eigenvalue weighted by molar-refractivity contribution is -0.126. The van der Waals surface area contributed by atoms with E-state index in [1.165, 1.54) is 28.4 Å². The van der Waals surface area contributed by atoms with Crippen LogP contribution in [-0.4, -0.2) is 37.1 Å². The van der Waals surface area contributed by atoms with E-state index < -0.39 is 11.9 Å². The largest absolute Gasteiger partial charge is 0.379 e. The second kappa shape index (κ2) is 11.9. The molecule has 0 bridgehead atoms. The molecule has 1 aromatic heterocycles. The number of carbonyl (C=O) groups is 2. The van der Waals surface area contributed by atoms with Crippen molar-refractivity contribution in [1.29, 1.82) is 0 Å². The molecule has 2 aromatic rings. The van der Waals surface area contributed by atoms with E-state index in [4.69, 9.17) is 4.74 Å². The van der Waals surface area contributed by atoms with Gasteiger partial charge in [-0.05, 0) is 68.8 Å². The molecule has 1 fully saturated rings. The minimum atomic E-state index is -0.942. The van der Waals surface area contributed by atoms with E-state index in [2.05, 4.69) is 5.32 Å². The van der Waals surface area contributed by atoms with E-state index in [0.717, 1.165) is 23.3 Å². The number of halogens is 1. The lowest BCUT2D eigenvalue weighted by Crippen LogP contribution is -2.54. The molecule has 0 saturated carbocycles. The SMILES string of the molecule is C/C=C\C(=C(C)C)C(C(=O)NC1CCCOC1)N(C(=O)Cc1cccs1)c1cccc(F)c1. The Morgan fingerprint density at radius 1 is 1.30 bits per heavy atom. The molecule has 2 heterocycles. The smallest absolute Gasteiger partial charge is 0.248 e. The predicted octanol–water partition coefficient (Wildman–Crippen LogP) is 5.04. The molecule has 1 aliphatic rings. The third-order valence-electron chi connectivity index (χ3n) is 5.49. The number of nitrogens with zero attached hydrogens (tertiary/aromatic N) is 1. The second-order valence-corrected chi connectivity index (χ2v) is 9.31. The van der Waals surface area contributed by atoms with Crippen LogP contribution in [0.4, 0.5) is 10.1 Å². The van der Waals surface area contributed by atoms with Crippen LogP contribution in [0.3, 0.4) is 0 Å². The summed E-state index contributed by atoms with van der Waals surface area (Å²) in [6.45, 7) is 6.81. The van der Waals surface area contributed by atoms with Gasteiger partial charge in [-0.15, -0.1) is 11.3 Å². The highest BCUT2D eigenvalue weighted by atomic mass is 32.1. The average molecular weight is 471 g/mol. The van der Waals surface area contributed by atoms with Gasteiger partial charge in [0.2, 0.25) is 11.8 Å². The van der Waals surface area contributed by atoms with Gasteiger partial charge in [0.15, 0.2) is 0 Å². The Kier molecular flexibility index (Phi) is 8.97. The minimum Gasteiger partial charge on any atom is -0.379 e. The summed E-state index contributed by atoms with van der Waals surface area (Å²) < 4.78 is 19.8. The molecule has 2 unspecified atom stereocenters. The fraction of sp³-hybridized carbons (Fsp3) is 0.385. The van der Waals surface area contributed by atoms with Gasteiger partial charge in [-0.3, -0.25) is 14.5 Å². The number of anilines is 1. The highest BCUT2D eigenvalue weighted by molar-refractivity contribution is 7.10. The van der Waals surface area contributed by atoms with Crippen molar-refractivity contribution < 1.29 is 18.7 Å². The minimum absolute atomic E-state index is 0.121. The Balaban J connectivity index is 2.07. The van der Waals surface area contributed by atoms with Gasteiger partial charge in [0, 0.05) is 17.2 Å². The van der Waals surface area contributed by atoms with Crippen LogP contribution in [0.15, 0.2) is 65.1 Å². The van der Waals surface area contributed by atoms with Gasteiger partial charge >= 0.3 is 0 Å². The van der Waals surface area contributed by atoms with E-state index in [1.54, 1.807) is 12.1 Å². The highest BCUT2D eigenvalue weighted by Crippen LogP contribution is 2.27. The van der Waals surface area contributed by atoms with Crippen LogP contribution in [0.2, 0.25) is 0 Å². The first-order valence-electron chi connectivity index (χ1n) is 11.2. The van der Waals surface area contributed by atoms with Crippen LogP contribution < -0.4 is 10.2 Å². The zero-order chi connectivity index (χ0) is 23.8. The number of benzene rings is 1. The summed E-state index contributed by atoms with van der Waals surface area (Å²) >= 11 is 1.48. The van der Waals surface area contributed by atoms with E-state index in [-0.39, 0.29) is 24.3 Å². The van der Waals surface area contributed by atoms with Crippen LogP contribution >= 0.6 is 11.3 Å². The molecule has 1 aliphatic heterocycles. The van der Waals surface area contributed by atoms with Crippen molar-refractivity contribution in [2.24, 2.45) is 0 Å². The topological polar surface area (TPSA) is 58.6 Å². The van der Waals surface area contributed by atoms with Gasteiger partial charge in [-0.25, -0.2) is 4.39 Å². The van der Waals surface area contributed by atoms with E-state index in [1.807, 2.05) is 50.4 Å². The normalized spacial score (nSPS) is 16.9. The molecule has 0 radical (unpaired) electrons. The van der Waals surface area contributed by atoms with Crippen LogP contribution in [0.5, 0.6) is 0 Å². The Morgan fingerprint density at radius 3 is 2.73 bits per heavy atom. The number of thiophene rings is 1. The molecule has 1 saturated heterocycles. The van der Waals surface area contributed by atoms with Crippen molar-refractivity contribution in [2.45, 2.75) is 52.1 Å². The first kappa shape index (κ1) is 24.9. The molecular weight excluding hydrogens is 439 g/mol. The van der Waals surface area contributed by atoms with Crippen molar-refractivity contribution in [3.63, 3.8) is 0 Å². The molecule has 2 atom stereocenters. The third-order valence-corrected chi connectivity index (χ3v) is 6.37. The van der Waals surface area contributed by atoms with Gasteiger partial charge in [-0.2, -0.15) is 0 Å². The fourth-order valence-corrected chi connectivity index (χ4v) is 4.65. The molecule has 0 aliphatic carbocycles. The van der Waals surface area contributed by atoms with Crippen LogP contribution in [0.25, 0.3) is 0 Å². The van der Waals surface area contributed by atoms with Crippen LogP contribution in [0.1, 0.15) is 38.5 Å². The lowest BCUT2D eigenvalue weighted by atomic mass is 9.97. The van der Waals surface area contributed by atoms with Crippen LogP contribution in [-0.2, 0) is 20.7 Å². The summed E-state index contributed by atoms with van der Waals surface area (Å²) in [4.78, 5) is 29.7. The maximum atomic E-state index is 14.2. The molecule has 3 rings (SSSR count). The van der Waals surface area contributed by atoms with Crippen molar-refractivity contribution in [1.82, 2.24) is 5.32 Å². The molecule has 1 aromatic carbocycles. The summed E-state index contributed by atoms with van der Waals surface area (Å²) in [5.41, 5.74) is 1.95. The molecular formula is C26H31FN2O3S. The lowest BCUT2D eigenvalue weighted by Gasteiger charge is -2.34. The van der Waals surface area contributed by atoms with Crippen molar-refractivity contribution in [3.05, 3.63) is 75.8 Å². The quantitative estimate of drug-likeness (QED) is 0.550. The Labute approximate surface area is 198 Å². The maximum Gasteiger partial charge on any atom is 0.248 e. The van der Waals surface area contributed by atoms with E-state index >= 15 is 0 Å². The molecule has 2 amide bonds. The van der Waals surface area contributed by atoms with Crippen molar-refractivity contribution >= 4 is 28.8 Å². The number of hydrogen-bond donors (Lipinski definition) is 1.